The predicted molar refractivity (Wildman–Crippen MR) is 64.4 cm³/mol. The second kappa shape index (κ2) is 7.16. The molecule has 1 aromatic rings. The molecule has 0 saturated carbocycles. The van der Waals surface area contributed by atoms with Gasteiger partial charge in [0.2, 0.25) is 0 Å². The molecule has 94 valence electrons. The molecule has 0 bridgehead atoms. The molecule has 0 aliphatic heterocycles. The highest BCUT2D eigenvalue weighted by Crippen LogP contribution is 2.13. The Balaban J connectivity index is 2.61. The van der Waals surface area contributed by atoms with Crippen LogP contribution in [0.1, 0.15) is 22.5 Å². The summed E-state index contributed by atoms with van der Waals surface area (Å²) in [5.41, 5.74) is 0. The second-order valence-electron chi connectivity index (χ2n) is 3.50. The van der Waals surface area contributed by atoms with Crippen LogP contribution in [-0.4, -0.2) is 41.2 Å². The van der Waals surface area contributed by atoms with E-state index in [2.05, 4.69) is 5.32 Å². The number of rotatable bonds is 8. The Bertz CT molecular complexity index is 364. The van der Waals surface area contributed by atoms with Crippen LogP contribution in [0.4, 0.5) is 0 Å². The fourth-order valence-electron chi connectivity index (χ4n) is 1.42. The van der Waals surface area contributed by atoms with Gasteiger partial charge in [-0.2, -0.15) is 0 Å². The molecule has 0 fully saturated rings. The van der Waals surface area contributed by atoms with Crippen molar-refractivity contribution in [1.29, 1.82) is 0 Å². The molecule has 6 heteroatoms. The van der Waals surface area contributed by atoms with Gasteiger partial charge in [0.05, 0.1) is 17.5 Å². The maximum absolute atomic E-state index is 12.0. The summed E-state index contributed by atoms with van der Waals surface area (Å²) in [4.78, 5) is 23.1. The van der Waals surface area contributed by atoms with Gasteiger partial charge in [0.25, 0.3) is 0 Å². The Morgan fingerprint density at radius 2 is 2.24 bits per heavy atom. The van der Waals surface area contributed by atoms with Crippen molar-refractivity contribution in [2.75, 3.05) is 13.2 Å². The first kappa shape index (κ1) is 13.8. The molecule has 0 spiro atoms. The van der Waals surface area contributed by atoms with Gasteiger partial charge in [-0.05, 0) is 17.9 Å². The first-order chi connectivity index (χ1) is 8.15. The largest absolute Gasteiger partial charge is 0.481 e. The quantitative estimate of drug-likeness (QED) is 0.598. The van der Waals surface area contributed by atoms with Crippen molar-refractivity contribution in [1.82, 2.24) is 5.32 Å². The van der Waals surface area contributed by atoms with Crippen molar-refractivity contribution in [2.24, 2.45) is 0 Å². The molecular weight excluding hydrogens is 242 g/mol. The van der Waals surface area contributed by atoms with Gasteiger partial charge in [-0.15, -0.1) is 11.3 Å². The van der Waals surface area contributed by atoms with Crippen molar-refractivity contribution < 1.29 is 19.8 Å². The number of carboxylic acid groups (broad SMARTS) is 1. The molecule has 0 aromatic carbocycles. The minimum absolute atomic E-state index is 0.0692. The normalized spacial score (nSPS) is 12.3. The lowest BCUT2D eigenvalue weighted by molar-refractivity contribution is -0.137. The van der Waals surface area contributed by atoms with Gasteiger partial charge < -0.3 is 15.5 Å². The first-order valence-electron chi connectivity index (χ1n) is 5.29. The lowest BCUT2D eigenvalue weighted by Gasteiger charge is -2.15. The summed E-state index contributed by atoms with van der Waals surface area (Å²) in [6.45, 7) is 0.197. The van der Waals surface area contributed by atoms with Crippen LogP contribution < -0.4 is 5.32 Å². The zero-order valence-corrected chi connectivity index (χ0v) is 10.1. The summed E-state index contributed by atoms with van der Waals surface area (Å²) < 4.78 is 0. The van der Waals surface area contributed by atoms with Crippen LogP contribution in [0, 0.1) is 0 Å². The van der Waals surface area contributed by atoms with Crippen molar-refractivity contribution >= 4 is 23.1 Å². The Morgan fingerprint density at radius 1 is 1.47 bits per heavy atom. The summed E-state index contributed by atoms with van der Waals surface area (Å²) >= 11 is 1.33. The number of hydrogen-bond donors (Lipinski definition) is 3. The van der Waals surface area contributed by atoms with E-state index in [1.807, 2.05) is 0 Å². The third-order valence-electron chi connectivity index (χ3n) is 2.23. The van der Waals surface area contributed by atoms with E-state index in [9.17, 15) is 9.59 Å². The minimum atomic E-state index is -0.931. The molecule has 17 heavy (non-hydrogen) atoms. The number of aliphatic hydroxyl groups excluding tert-OH is 1. The third kappa shape index (κ3) is 4.64. The molecule has 1 rings (SSSR count). The highest BCUT2D eigenvalue weighted by molar-refractivity contribution is 7.12. The molecule has 0 radical (unpaired) electrons. The van der Waals surface area contributed by atoms with E-state index in [0.717, 1.165) is 0 Å². The van der Waals surface area contributed by atoms with Gasteiger partial charge in [-0.25, -0.2) is 0 Å². The smallest absolute Gasteiger partial charge is 0.303 e. The average molecular weight is 257 g/mol. The zero-order chi connectivity index (χ0) is 12.7. The number of carbonyl (C=O) groups is 2. The van der Waals surface area contributed by atoms with E-state index < -0.39 is 12.0 Å². The molecule has 0 aliphatic carbocycles. The highest BCUT2D eigenvalue weighted by atomic mass is 32.1. The number of nitrogens with one attached hydrogen (secondary N) is 1. The van der Waals surface area contributed by atoms with Gasteiger partial charge in [-0.1, -0.05) is 6.07 Å². The van der Waals surface area contributed by atoms with E-state index in [0.29, 0.717) is 4.88 Å². The molecule has 0 amide bonds. The van der Waals surface area contributed by atoms with Gasteiger partial charge in [0.15, 0.2) is 5.78 Å². The first-order valence-corrected chi connectivity index (χ1v) is 6.17. The van der Waals surface area contributed by atoms with E-state index in [1.165, 1.54) is 11.3 Å². The molecule has 1 atom stereocenters. The van der Waals surface area contributed by atoms with E-state index in [1.54, 1.807) is 17.5 Å². The number of carboxylic acids is 1. The van der Waals surface area contributed by atoms with Crippen LogP contribution in [0.2, 0.25) is 0 Å². The molecule has 5 nitrogen and oxygen atoms in total. The zero-order valence-electron chi connectivity index (χ0n) is 9.26. The Labute approximate surface area is 103 Å². The highest BCUT2D eigenvalue weighted by Gasteiger charge is 2.20. The maximum Gasteiger partial charge on any atom is 0.303 e. The van der Waals surface area contributed by atoms with Gasteiger partial charge in [-0.3, -0.25) is 9.59 Å². The van der Waals surface area contributed by atoms with Crippen LogP contribution in [0.3, 0.4) is 0 Å². The van der Waals surface area contributed by atoms with Crippen LogP contribution in [-0.2, 0) is 4.79 Å². The van der Waals surface area contributed by atoms with Crippen molar-refractivity contribution in [3.8, 4) is 0 Å². The number of carbonyl (C=O) groups excluding carboxylic acids is 1. The fourth-order valence-corrected chi connectivity index (χ4v) is 2.14. The molecule has 1 aromatic heterocycles. The Morgan fingerprint density at radius 3 is 2.76 bits per heavy atom. The summed E-state index contributed by atoms with van der Waals surface area (Å²) in [6.07, 6.45) is 0.159. The molecular formula is C11H15NO4S. The van der Waals surface area contributed by atoms with Gasteiger partial charge in [0, 0.05) is 13.0 Å². The molecule has 1 heterocycles. The predicted octanol–water partition coefficient (Wildman–Crippen LogP) is 0.746. The topological polar surface area (TPSA) is 86.6 Å². The summed E-state index contributed by atoms with van der Waals surface area (Å²) in [7, 11) is 0. The fraction of sp³-hybridized carbons (Fsp3) is 0.455. The number of hydrogen-bond acceptors (Lipinski definition) is 5. The Hall–Kier alpha value is -1.24. The summed E-state index contributed by atoms with van der Waals surface area (Å²) in [5.74, 6) is -1.05. The second-order valence-corrected chi connectivity index (χ2v) is 4.45. The van der Waals surface area contributed by atoms with Gasteiger partial charge >= 0.3 is 5.97 Å². The number of thiophene rings is 1. The monoisotopic (exact) mass is 257 g/mol. The lowest BCUT2D eigenvalue weighted by Crippen LogP contribution is -2.38. The number of aliphatic carboxylic acids is 1. The Kier molecular flexibility index (Phi) is 5.82. The van der Waals surface area contributed by atoms with Crippen molar-refractivity contribution in [3.63, 3.8) is 0 Å². The number of ketones is 1. The van der Waals surface area contributed by atoms with Crippen LogP contribution in [0.5, 0.6) is 0 Å². The molecule has 0 aliphatic rings. The van der Waals surface area contributed by atoms with E-state index >= 15 is 0 Å². The van der Waals surface area contributed by atoms with E-state index in [-0.39, 0.29) is 31.8 Å². The molecule has 1 unspecified atom stereocenters. The summed E-state index contributed by atoms with van der Waals surface area (Å²) in [6, 6.07) is 2.94. The van der Waals surface area contributed by atoms with Crippen molar-refractivity contribution in [3.05, 3.63) is 22.4 Å². The SMILES string of the molecule is O=C(O)CCC(NCCO)C(=O)c1cccs1. The van der Waals surface area contributed by atoms with Crippen LogP contribution >= 0.6 is 11.3 Å². The van der Waals surface area contributed by atoms with Gasteiger partial charge in [0.1, 0.15) is 0 Å². The number of aliphatic hydroxyl groups is 1. The van der Waals surface area contributed by atoms with Crippen LogP contribution in [0.15, 0.2) is 17.5 Å². The average Bonchev–Trinajstić information content (AvgIpc) is 2.81. The third-order valence-corrected chi connectivity index (χ3v) is 3.11. The number of Topliss-reactive ketones (excluding diaryl/α,β-unsaturated/α-hetero) is 1. The summed E-state index contributed by atoms with van der Waals surface area (Å²) in [5, 5.41) is 22.0. The van der Waals surface area contributed by atoms with Crippen LogP contribution in [0.25, 0.3) is 0 Å². The molecule has 0 saturated heterocycles. The lowest BCUT2D eigenvalue weighted by atomic mass is 10.1. The van der Waals surface area contributed by atoms with E-state index in [4.69, 9.17) is 10.2 Å². The minimum Gasteiger partial charge on any atom is -0.481 e. The van der Waals surface area contributed by atoms with Crippen molar-refractivity contribution in [2.45, 2.75) is 18.9 Å². The maximum atomic E-state index is 12.0. The molecule has 3 N–H and O–H groups in total. The standard InChI is InChI=1S/C11H15NO4S/c13-6-5-12-8(3-4-10(14)15)11(16)9-2-1-7-17-9/h1-2,7-8,12-13H,3-6H2,(H,14,15).